The Morgan fingerprint density at radius 2 is 2.25 bits per heavy atom. The van der Waals surface area contributed by atoms with Crippen LogP contribution in [-0.2, 0) is 19.5 Å². The fourth-order valence-electron chi connectivity index (χ4n) is 3.61. The van der Waals surface area contributed by atoms with Crippen LogP contribution in [0.15, 0.2) is 24.5 Å². The van der Waals surface area contributed by atoms with Crippen LogP contribution in [0, 0.1) is 0 Å². The summed E-state index contributed by atoms with van der Waals surface area (Å²) in [6, 6.07) is 3.75. The van der Waals surface area contributed by atoms with Gasteiger partial charge in [-0.25, -0.2) is 0 Å². The summed E-state index contributed by atoms with van der Waals surface area (Å²) in [5, 5.41) is 11.8. The van der Waals surface area contributed by atoms with Gasteiger partial charge in [-0.15, -0.1) is 10.2 Å². The highest BCUT2D eigenvalue weighted by Crippen LogP contribution is 2.18. The Morgan fingerprint density at radius 1 is 1.29 bits per heavy atom. The van der Waals surface area contributed by atoms with E-state index in [9.17, 15) is 4.79 Å². The third kappa shape index (κ3) is 3.17. The summed E-state index contributed by atoms with van der Waals surface area (Å²) >= 11 is 0. The Hall–Kier alpha value is -2.28. The Bertz CT molecular complexity index is 713. The van der Waals surface area contributed by atoms with E-state index >= 15 is 0 Å². The van der Waals surface area contributed by atoms with E-state index < -0.39 is 0 Å². The van der Waals surface area contributed by atoms with Crippen LogP contribution in [0.5, 0.6) is 0 Å². The maximum atomic E-state index is 12.3. The highest BCUT2D eigenvalue weighted by Gasteiger charge is 2.25. The molecule has 1 atom stereocenters. The zero-order valence-electron chi connectivity index (χ0n) is 13.7. The lowest BCUT2D eigenvalue weighted by Gasteiger charge is -2.32. The summed E-state index contributed by atoms with van der Waals surface area (Å²) < 4.78 is 2.25. The molecule has 0 bridgehead atoms. The van der Waals surface area contributed by atoms with Crippen molar-refractivity contribution in [2.24, 2.45) is 0 Å². The lowest BCUT2D eigenvalue weighted by molar-refractivity contribution is 0.0898. The SMILES string of the molecule is O=C(NC1CCCN(Cc2nnc3n2CCC3)C1)c1cccnc1. The molecule has 1 saturated heterocycles. The predicted octanol–water partition coefficient (Wildman–Crippen LogP) is 1.01. The number of piperidine rings is 1. The molecular formula is C17H22N6O. The number of nitrogens with one attached hydrogen (secondary N) is 1. The number of likely N-dealkylation sites (tertiary alicyclic amines) is 1. The molecule has 1 unspecified atom stereocenters. The van der Waals surface area contributed by atoms with Crippen molar-refractivity contribution in [1.82, 2.24) is 30.0 Å². The largest absolute Gasteiger partial charge is 0.348 e. The summed E-state index contributed by atoms with van der Waals surface area (Å²) in [5.41, 5.74) is 0.616. The molecule has 0 radical (unpaired) electrons. The van der Waals surface area contributed by atoms with Crippen molar-refractivity contribution in [3.8, 4) is 0 Å². The fourth-order valence-corrected chi connectivity index (χ4v) is 3.61. The number of aryl methyl sites for hydroxylation is 1. The molecule has 0 aromatic carbocycles. The van der Waals surface area contributed by atoms with Crippen LogP contribution in [0.2, 0.25) is 0 Å². The minimum absolute atomic E-state index is 0.0432. The van der Waals surface area contributed by atoms with Crippen molar-refractivity contribution < 1.29 is 4.79 Å². The summed E-state index contributed by atoms with van der Waals surface area (Å²) in [6.07, 6.45) is 7.59. The molecule has 1 fully saturated rings. The van der Waals surface area contributed by atoms with E-state index in [0.717, 1.165) is 57.1 Å². The summed E-state index contributed by atoms with van der Waals surface area (Å²) in [4.78, 5) is 18.7. The first-order valence-electron chi connectivity index (χ1n) is 8.64. The van der Waals surface area contributed by atoms with Crippen molar-refractivity contribution >= 4 is 5.91 Å². The first-order valence-corrected chi connectivity index (χ1v) is 8.64. The number of amides is 1. The van der Waals surface area contributed by atoms with E-state index in [-0.39, 0.29) is 11.9 Å². The minimum atomic E-state index is -0.0432. The van der Waals surface area contributed by atoms with Crippen molar-refractivity contribution in [3.63, 3.8) is 0 Å². The van der Waals surface area contributed by atoms with Crippen molar-refractivity contribution in [2.45, 2.75) is 44.8 Å². The highest BCUT2D eigenvalue weighted by atomic mass is 16.1. The van der Waals surface area contributed by atoms with Crippen LogP contribution in [0.25, 0.3) is 0 Å². The molecule has 0 saturated carbocycles. The van der Waals surface area contributed by atoms with Gasteiger partial charge in [0.05, 0.1) is 12.1 Å². The maximum absolute atomic E-state index is 12.3. The van der Waals surface area contributed by atoms with Crippen molar-refractivity contribution in [3.05, 3.63) is 41.7 Å². The van der Waals surface area contributed by atoms with Crippen LogP contribution >= 0.6 is 0 Å². The molecule has 4 rings (SSSR count). The monoisotopic (exact) mass is 326 g/mol. The molecule has 2 aromatic heterocycles. The van der Waals surface area contributed by atoms with Gasteiger partial charge in [0.1, 0.15) is 11.6 Å². The third-order valence-corrected chi connectivity index (χ3v) is 4.82. The van der Waals surface area contributed by atoms with Gasteiger partial charge >= 0.3 is 0 Å². The van der Waals surface area contributed by atoms with Gasteiger partial charge in [0, 0.05) is 37.9 Å². The third-order valence-electron chi connectivity index (χ3n) is 4.82. The summed E-state index contributed by atoms with van der Waals surface area (Å²) in [6.45, 7) is 3.74. The molecule has 2 aromatic rings. The zero-order chi connectivity index (χ0) is 16.4. The molecule has 2 aliphatic heterocycles. The molecule has 2 aliphatic rings. The molecule has 24 heavy (non-hydrogen) atoms. The van der Waals surface area contributed by atoms with Gasteiger partial charge in [-0.3, -0.25) is 14.7 Å². The number of rotatable bonds is 4. The molecule has 1 N–H and O–H groups in total. The molecule has 7 nitrogen and oxygen atoms in total. The number of aromatic nitrogens is 4. The van der Waals surface area contributed by atoms with Crippen LogP contribution < -0.4 is 5.32 Å². The van der Waals surface area contributed by atoms with Crippen molar-refractivity contribution in [2.75, 3.05) is 13.1 Å². The highest BCUT2D eigenvalue weighted by molar-refractivity contribution is 5.94. The average molecular weight is 326 g/mol. The standard InChI is InChI=1S/C17H22N6O/c24-17(13-4-1-7-18-10-13)19-14-5-2-8-22(11-14)12-16-21-20-15-6-3-9-23(15)16/h1,4,7,10,14H,2-3,5-6,8-9,11-12H2,(H,19,24). The van der Waals surface area contributed by atoms with Gasteiger partial charge in [0.15, 0.2) is 0 Å². The van der Waals surface area contributed by atoms with Crippen LogP contribution in [-0.4, -0.2) is 49.7 Å². The van der Waals surface area contributed by atoms with E-state index in [4.69, 9.17) is 0 Å². The van der Waals surface area contributed by atoms with Gasteiger partial charge in [-0.05, 0) is 37.9 Å². The summed E-state index contributed by atoms with van der Waals surface area (Å²) in [5.74, 6) is 2.13. The molecule has 7 heteroatoms. The molecule has 1 amide bonds. The zero-order valence-corrected chi connectivity index (χ0v) is 13.7. The van der Waals surface area contributed by atoms with Gasteiger partial charge < -0.3 is 9.88 Å². The predicted molar refractivity (Wildman–Crippen MR) is 88.3 cm³/mol. The van der Waals surface area contributed by atoms with Gasteiger partial charge in [0.25, 0.3) is 5.91 Å². The second-order valence-corrected chi connectivity index (χ2v) is 6.58. The Balaban J connectivity index is 1.36. The topological polar surface area (TPSA) is 75.9 Å². The Morgan fingerprint density at radius 3 is 3.12 bits per heavy atom. The van der Waals surface area contributed by atoms with E-state index in [0.29, 0.717) is 5.56 Å². The average Bonchev–Trinajstić information content (AvgIpc) is 3.21. The molecule has 0 spiro atoms. The number of pyridine rings is 1. The van der Waals surface area contributed by atoms with Crippen molar-refractivity contribution in [1.29, 1.82) is 0 Å². The Labute approximate surface area is 141 Å². The normalized spacial score (nSPS) is 20.8. The first-order chi connectivity index (χ1) is 11.8. The van der Waals surface area contributed by atoms with E-state index in [1.54, 1.807) is 24.5 Å². The van der Waals surface area contributed by atoms with E-state index in [2.05, 4.69) is 30.0 Å². The second-order valence-electron chi connectivity index (χ2n) is 6.58. The molecular weight excluding hydrogens is 304 g/mol. The number of hydrogen-bond acceptors (Lipinski definition) is 5. The minimum Gasteiger partial charge on any atom is -0.348 e. The lowest BCUT2D eigenvalue weighted by Crippen LogP contribution is -2.47. The summed E-state index contributed by atoms with van der Waals surface area (Å²) in [7, 11) is 0. The van der Waals surface area contributed by atoms with E-state index in [1.807, 2.05) is 0 Å². The van der Waals surface area contributed by atoms with E-state index in [1.165, 1.54) is 6.42 Å². The molecule has 0 aliphatic carbocycles. The number of carbonyl (C=O) groups is 1. The molecule has 4 heterocycles. The lowest BCUT2D eigenvalue weighted by atomic mass is 10.1. The number of nitrogens with zero attached hydrogens (tertiary/aromatic N) is 5. The smallest absolute Gasteiger partial charge is 0.253 e. The first kappa shape index (κ1) is 15.3. The van der Waals surface area contributed by atoms with Crippen LogP contribution in [0.4, 0.5) is 0 Å². The van der Waals surface area contributed by atoms with Gasteiger partial charge in [-0.1, -0.05) is 0 Å². The molecule has 126 valence electrons. The number of carbonyl (C=O) groups excluding carboxylic acids is 1. The fraction of sp³-hybridized carbons (Fsp3) is 0.529. The van der Waals surface area contributed by atoms with Crippen LogP contribution in [0.3, 0.4) is 0 Å². The van der Waals surface area contributed by atoms with Gasteiger partial charge in [-0.2, -0.15) is 0 Å². The number of fused-ring (bicyclic) bond motifs is 1. The van der Waals surface area contributed by atoms with Crippen LogP contribution in [0.1, 0.15) is 41.3 Å². The maximum Gasteiger partial charge on any atom is 0.253 e. The quantitative estimate of drug-likeness (QED) is 0.907. The Kier molecular flexibility index (Phi) is 4.25. The number of hydrogen-bond donors (Lipinski definition) is 1. The second kappa shape index (κ2) is 6.68. The van der Waals surface area contributed by atoms with Gasteiger partial charge in [0.2, 0.25) is 0 Å².